The molecule has 226 valence electrons. The monoisotopic (exact) mass is 610 g/mol. The van der Waals surface area contributed by atoms with Gasteiger partial charge in [-0.1, -0.05) is 35.5 Å². The molecule has 0 saturated carbocycles. The Morgan fingerprint density at radius 1 is 1.07 bits per heavy atom. The van der Waals surface area contributed by atoms with E-state index in [-0.39, 0.29) is 17.2 Å². The summed E-state index contributed by atoms with van der Waals surface area (Å²) in [5.41, 5.74) is 7.21. The molecule has 0 bridgehead atoms. The number of carbonyl (C=O) groups excluding carboxylic acids is 1. The van der Waals surface area contributed by atoms with Crippen LogP contribution in [0.5, 0.6) is 0 Å². The quantitative estimate of drug-likeness (QED) is 0.106. The number of pyridine rings is 1. The Kier molecular flexibility index (Phi) is 8.54. The van der Waals surface area contributed by atoms with Crippen LogP contribution in [0.1, 0.15) is 34.2 Å². The van der Waals surface area contributed by atoms with Crippen molar-refractivity contribution in [2.24, 2.45) is 5.16 Å². The second-order valence-electron chi connectivity index (χ2n) is 11.3. The molecule has 5 aromatic rings. The molecular weight excluding hydrogens is 575 g/mol. The van der Waals surface area contributed by atoms with E-state index in [0.29, 0.717) is 12.3 Å². The van der Waals surface area contributed by atoms with Crippen LogP contribution in [-0.4, -0.2) is 77.0 Å². The van der Waals surface area contributed by atoms with Crippen LogP contribution in [0.3, 0.4) is 0 Å². The lowest BCUT2D eigenvalue weighted by Gasteiger charge is -2.12. The molecule has 1 aliphatic heterocycles. The lowest BCUT2D eigenvalue weighted by Crippen LogP contribution is -2.26. The van der Waals surface area contributed by atoms with Crippen LogP contribution in [0.15, 0.2) is 90.6 Å². The van der Waals surface area contributed by atoms with E-state index in [9.17, 15) is 9.18 Å². The van der Waals surface area contributed by atoms with Crippen molar-refractivity contribution in [3.63, 3.8) is 0 Å². The first-order valence-electron chi connectivity index (χ1n) is 14.5. The Morgan fingerprint density at radius 2 is 1.86 bits per heavy atom. The molecule has 44 heavy (non-hydrogen) atoms. The standard InChI is InChI=1S/C34H35FN6O2S/c1-38(2)16-6-18-43-37-32(28-14-17-40-31(28)22-44-33(40)25-7-5-15-36-20-25)29-21-41(34(42)39(3)4)30-19-24(10-13-27(29)30)23-8-11-26(35)12-9-23/h5,7-15,17,19-21,33H,6,16,18,22H2,1-4H3/b37-32+/t33-/m1/s1. The van der Waals surface area contributed by atoms with E-state index >= 15 is 0 Å². The summed E-state index contributed by atoms with van der Waals surface area (Å²) in [7, 11) is 7.53. The van der Waals surface area contributed by atoms with E-state index in [1.165, 1.54) is 12.1 Å². The molecule has 0 spiro atoms. The van der Waals surface area contributed by atoms with Gasteiger partial charge in [-0.15, -0.1) is 11.8 Å². The fourth-order valence-corrected chi connectivity index (χ4v) is 6.81. The molecule has 1 atom stereocenters. The van der Waals surface area contributed by atoms with Crippen molar-refractivity contribution in [1.82, 2.24) is 23.9 Å². The van der Waals surface area contributed by atoms with Crippen molar-refractivity contribution in [3.8, 4) is 11.1 Å². The summed E-state index contributed by atoms with van der Waals surface area (Å²) >= 11 is 1.84. The highest BCUT2D eigenvalue weighted by Gasteiger charge is 2.30. The van der Waals surface area contributed by atoms with Crippen molar-refractivity contribution >= 4 is 34.4 Å². The number of halogens is 1. The van der Waals surface area contributed by atoms with Crippen LogP contribution in [0.2, 0.25) is 0 Å². The van der Waals surface area contributed by atoms with E-state index < -0.39 is 0 Å². The second-order valence-corrected chi connectivity index (χ2v) is 12.4. The number of hydrogen-bond donors (Lipinski definition) is 0. The number of oxime groups is 1. The first kappa shape index (κ1) is 29.7. The van der Waals surface area contributed by atoms with Crippen molar-refractivity contribution < 1.29 is 14.0 Å². The fraction of sp³-hybridized carbons (Fsp3) is 0.265. The minimum Gasteiger partial charge on any atom is -0.395 e. The number of hydrogen-bond acceptors (Lipinski definition) is 6. The lowest BCUT2D eigenvalue weighted by molar-refractivity contribution is 0.135. The van der Waals surface area contributed by atoms with Crippen molar-refractivity contribution in [1.29, 1.82) is 0 Å². The first-order chi connectivity index (χ1) is 21.3. The van der Waals surface area contributed by atoms with Gasteiger partial charge in [-0.05, 0) is 62.0 Å². The molecular formula is C34H35FN6O2S. The summed E-state index contributed by atoms with van der Waals surface area (Å²) in [5, 5.41) is 5.74. The summed E-state index contributed by atoms with van der Waals surface area (Å²) in [6.07, 6.45) is 8.48. The van der Waals surface area contributed by atoms with Crippen LogP contribution in [-0.2, 0) is 10.6 Å². The smallest absolute Gasteiger partial charge is 0.328 e. The largest absolute Gasteiger partial charge is 0.395 e. The van der Waals surface area contributed by atoms with E-state index in [1.807, 2.05) is 62.5 Å². The van der Waals surface area contributed by atoms with E-state index in [2.05, 4.69) is 32.8 Å². The highest BCUT2D eigenvalue weighted by Crippen LogP contribution is 2.43. The molecule has 0 N–H and O–H groups in total. The third-order valence-electron chi connectivity index (χ3n) is 7.70. The van der Waals surface area contributed by atoms with Gasteiger partial charge < -0.3 is 19.2 Å². The van der Waals surface area contributed by atoms with Gasteiger partial charge >= 0.3 is 6.03 Å². The third-order valence-corrected chi connectivity index (χ3v) is 8.96. The van der Waals surface area contributed by atoms with Crippen molar-refractivity contribution in [2.45, 2.75) is 17.5 Å². The summed E-state index contributed by atoms with van der Waals surface area (Å²) in [6.45, 7) is 1.35. The van der Waals surface area contributed by atoms with Gasteiger partial charge in [-0.3, -0.25) is 9.55 Å². The molecule has 4 heterocycles. The predicted octanol–water partition coefficient (Wildman–Crippen LogP) is 6.69. The molecule has 1 amide bonds. The molecule has 0 aliphatic carbocycles. The number of amides is 1. The summed E-state index contributed by atoms with van der Waals surface area (Å²) < 4.78 is 17.6. The number of aromatic nitrogens is 3. The molecule has 6 rings (SSSR count). The van der Waals surface area contributed by atoms with E-state index in [4.69, 9.17) is 9.99 Å². The predicted molar refractivity (Wildman–Crippen MR) is 175 cm³/mol. The Bertz CT molecular complexity index is 1810. The minimum atomic E-state index is -0.293. The maximum Gasteiger partial charge on any atom is 0.328 e. The van der Waals surface area contributed by atoms with Gasteiger partial charge in [-0.2, -0.15) is 0 Å². The average Bonchev–Trinajstić information content (AvgIpc) is 3.73. The molecule has 0 unspecified atom stereocenters. The van der Waals surface area contributed by atoms with Gasteiger partial charge in [0.1, 0.15) is 23.5 Å². The van der Waals surface area contributed by atoms with Crippen LogP contribution < -0.4 is 0 Å². The zero-order chi connectivity index (χ0) is 30.8. The first-order valence-corrected chi connectivity index (χ1v) is 15.6. The van der Waals surface area contributed by atoms with E-state index in [0.717, 1.165) is 63.1 Å². The minimum absolute atomic E-state index is 0.115. The molecule has 0 fully saturated rings. The van der Waals surface area contributed by atoms with Crippen LogP contribution in [0, 0.1) is 5.82 Å². The summed E-state index contributed by atoms with van der Waals surface area (Å²) in [4.78, 5) is 27.4. The third kappa shape index (κ3) is 5.87. The molecule has 0 saturated heterocycles. The number of carbonyl (C=O) groups is 1. The number of fused-ring (bicyclic) bond motifs is 2. The number of nitrogens with zero attached hydrogens (tertiary/aromatic N) is 6. The Labute approximate surface area is 260 Å². The zero-order valence-electron chi connectivity index (χ0n) is 25.3. The van der Waals surface area contributed by atoms with Gasteiger partial charge in [0.05, 0.1) is 5.52 Å². The second kappa shape index (κ2) is 12.7. The van der Waals surface area contributed by atoms with Crippen molar-refractivity contribution in [2.75, 3.05) is 41.3 Å². The highest BCUT2D eigenvalue weighted by molar-refractivity contribution is 7.99. The maximum absolute atomic E-state index is 13.7. The average molecular weight is 611 g/mol. The molecule has 8 nitrogen and oxygen atoms in total. The van der Waals surface area contributed by atoms with Crippen molar-refractivity contribution in [3.05, 3.63) is 114 Å². The molecule has 10 heteroatoms. The number of rotatable bonds is 9. The normalized spacial score (nSPS) is 14.8. The number of benzene rings is 2. The van der Waals surface area contributed by atoms with Crippen LogP contribution in [0.25, 0.3) is 22.0 Å². The highest BCUT2D eigenvalue weighted by atomic mass is 32.2. The van der Waals surface area contributed by atoms with E-state index in [1.54, 1.807) is 41.9 Å². The molecule has 1 aliphatic rings. The Hall–Kier alpha value is -4.41. The van der Waals surface area contributed by atoms with Crippen LogP contribution in [0.4, 0.5) is 9.18 Å². The van der Waals surface area contributed by atoms with Gasteiger partial charge in [-0.25, -0.2) is 9.18 Å². The summed E-state index contributed by atoms with van der Waals surface area (Å²) in [5.74, 6) is 0.504. The summed E-state index contributed by atoms with van der Waals surface area (Å²) in [6, 6.07) is 18.3. The molecule has 3 aromatic heterocycles. The molecule has 0 radical (unpaired) electrons. The topological polar surface area (TPSA) is 67.9 Å². The number of thioether (sulfide) groups is 1. The maximum atomic E-state index is 13.7. The van der Waals surface area contributed by atoms with Crippen LogP contribution >= 0.6 is 11.8 Å². The van der Waals surface area contributed by atoms with Gasteiger partial charge in [0.25, 0.3) is 0 Å². The lowest BCUT2D eigenvalue weighted by atomic mass is 9.99. The fourth-order valence-electron chi connectivity index (χ4n) is 5.49. The zero-order valence-corrected chi connectivity index (χ0v) is 26.1. The molecule has 2 aromatic carbocycles. The SMILES string of the molecule is CN(C)CCCO/N=C(\c1ccn2c1CS[C@@H]2c1cccnc1)c1cn(C(=O)N(C)C)c2cc(-c3ccc(F)cc3)ccc12. The van der Waals surface area contributed by atoms with Gasteiger partial charge in [0, 0.05) is 79.0 Å². The van der Waals surface area contributed by atoms with Gasteiger partial charge in [0.2, 0.25) is 0 Å². The Morgan fingerprint density at radius 3 is 2.59 bits per heavy atom. The Balaban J connectivity index is 1.47. The van der Waals surface area contributed by atoms with Gasteiger partial charge in [0.15, 0.2) is 0 Å².